The maximum absolute atomic E-state index is 13.0. The molecular formula is C19H17ClIN3O3. The molecule has 0 aliphatic carbocycles. The third kappa shape index (κ3) is 3.79. The fourth-order valence-electron chi connectivity index (χ4n) is 3.04. The summed E-state index contributed by atoms with van der Waals surface area (Å²) in [5.41, 5.74) is 0.0752. The van der Waals surface area contributed by atoms with E-state index in [1.807, 2.05) is 19.1 Å². The topological polar surface area (TPSA) is 78.5 Å². The molecule has 1 fully saturated rings. The molecule has 0 radical (unpaired) electrons. The van der Waals surface area contributed by atoms with Crippen molar-refractivity contribution >= 4 is 57.7 Å². The lowest BCUT2D eigenvalue weighted by molar-refractivity contribution is -0.134. The largest absolute Gasteiger partial charge is 0.325 e. The number of halogens is 2. The highest BCUT2D eigenvalue weighted by Gasteiger charge is 2.51. The van der Waals surface area contributed by atoms with Crippen LogP contribution in [-0.4, -0.2) is 29.3 Å². The molecule has 0 bridgehead atoms. The van der Waals surface area contributed by atoms with E-state index in [9.17, 15) is 14.4 Å². The quantitative estimate of drug-likeness (QED) is 0.488. The van der Waals surface area contributed by atoms with Gasteiger partial charge in [0, 0.05) is 8.59 Å². The van der Waals surface area contributed by atoms with Crippen LogP contribution >= 0.6 is 34.2 Å². The molecule has 2 aromatic carbocycles. The van der Waals surface area contributed by atoms with E-state index in [4.69, 9.17) is 11.6 Å². The van der Waals surface area contributed by atoms with Gasteiger partial charge < -0.3 is 10.6 Å². The lowest BCUT2D eigenvalue weighted by Crippen LogP contribution is -2.44. The number of nitrogens with zero attached hydrogens (tertiary/aromatic N) is 1. The van der Waals surface area contributed by atoms with Crippen LogP contribution in [0.1, 0.15) is 18.9 Å². The van der Waals surface area contributed by atoms with Gasteiger partial charge in [0.25, 0.3) is 5.91 Å². The van der Waals surface area contributed by atoms with Crippen molar-refractivity contribution in [3.05, 3.63) is 62.7 Å². The maximum atomic E-state index is 13.0. The minimum Gasteiger partial charge on any atom is -0.324 e. The molecule has 1 aliphatic rings. The van der Waals surface area contributed by atoms with Gasteiger partial charge in [-0.15, -0.1) is 0 Å². The minimum absolute atomic E-state index is 0.355. The highest BCUT2D eigenvalue weighted by atomic mass is 127. The number of urea groups is 1. The fraction of sp³-hybridized carbons (Fsp3) is 0.211. The van der Waals surface area contributed by atoms with E-state index in [0.29, 0.717) is 22.7 Å². The molecule has 140 valence electrons. The molecule has 1 aliphatic heterocycles. The number of imide groups is 1. The average molecular weight is 498 g/mol. The first-order valence-electron chi connectivity index (χ1n) is 8.32. The van der Waals surface area contributed by atoms with Crippen molar-refractivity contribution in [2.45, 2.75) is 18.9 Å². The highest BCUT2D eigenvalue weighted by molar-refractivity contribution is 14.1. The second kappa shape index (κ2) is 7.85. The van der Waals surface area contributed by atoms with E-state index >= 15 is 0 Å². The van der Waals surface area contributed by atoms with Crippen LogP contribution in [0.5, 0.6) is 0 Å². The first kappa shape index (κ1) is 19.6. The monoisotopic (exact) mass is 497 g/mol. The predicted octanol–water partition coefficient (Wildman–Crippen LogP) is 3.74. The summed E-state index contributed by atoms with van der Waals surface area (Å²) < 4.78 is 0.865. The smallest absolute Gasteiger partial charge is 0.324 e. The molecular weight excluding hydrogens is 481 g/mol. The third-order valence-corrected chi connectivity index (χ3v) is 5.69. The molecule has 0 saturated carbocycles. The second-order valence-corrected chi connectivity index (χ2v) is 7.71. The lowest BCUT2D eigenvalue weighted by atomic mass is 9.87. The molecule has 1 atom stereocenters. The summed E-state index contributed by atoms with van der Waals surface area (Å²) in [4.78, 5) is 38.8. The van der Waals surface area contributed by atoms with Crippen LogP contribution in [0.4, 0.5) is 10.5 Å². The second-order valence-electron chi connectivity index (χ2n) is 6.12. The molecule has 1 unspecified atom stereocenters. The Bertz CT molecular complexity index is 903. The van der Waals surface area contributed by atoms with Crippen molar-refractivity contribution in [3.63, 3.8) is 0 Å². The number of anilines is 1. The van der Waals surface area contributed by atoms with Crippen molar-refractivity contribution < 1.29 is 14.4 Å². The predicted molar refractivity (Wildman–Crippen MR) is 111 cm³/mol. The summed E-state index contributed by atoms with van der Waals surface area (Å²) in [7, 11) is 0. The van der Waals surface area contributed by atoms with E-state index in [0.717, 1.165) is 8.47 Å². The van der Waals surface area contributed by atoms with Gasteiger partial charge in [-0.2, -0.15) is 0 Å². The summed E-state index contributed by atoms with van der Waals surface area (Å²) in [5.74, 6) is -0.888. The number of carbonyl (C=O) groups is 3. The van der Waals surface area contributed by atoms with E-state index in [1.165, 1.54) is 0 Å². The number of nitrogens with one attached hydrogen (secondary N) is 2. The van der Waals surface area contributed by atoms with Gasteiger partial charge in [-0.05, 0) is 58.8 Å². The van der Waals surface area contributed by atoms with Crippen molar-refractivity contribution in [1.82, 2.24) is 10.2 Å². The number of hydrogen-bond acceptors (Lipinski definition) is 3. The molecule has 2 aromatic rings. The van der Waals surface area contributed by atoms with Crippen molar-refractivity contribution in [1.29, 1.82) is 0 Å². The van der Waals surface area contributed by atoms with Crippen molar-refractivity contribution in [2.75, 3.05) is 11.9 Å². The van der Waals surface area contributed by atoms with Crippen molar-refractivity contribution in [3.8, 4) is 0 Å². The summed E-state index contributed by atoms with van der Waals surface area (Å²) >= 11 is 8.03. The first-order chi connectivity index (χ1) is 12.9. The summed E-state index contributed by atoms with van der Waals surface area (Å²) in [6.07, 6.45) is 0.355. The molecule has 4 amide bonds. The van der Waals surface area contributed by atoms with Crippen LogP contribution < -0.4 is 10.6 Å². The van der Waals surface area contributed by atoms with E-state index in [2.05, 4.69) is 33.2 Å². The number of benzene rings is 2. The number of para-hydroxylation sites is 1. The Morgan fingerprint density at radius 2 is 1.85 bits per heavy atom. The zero-order chi connectivity index (χ0) is 19.6. The van der Waals surface area contributed by atoms with Crippen LogP contribution in [-0.2, 0) is 15.1 Å². The average Bonchev–Trinajstić information content (AvgIpc) is 2.89. The molecule has 1 heterocycles. The van der Waals surface area contributed by atoms with E-state index in [1.54, 1.807) is 36.4 Å². The minimum atomic E-state index is -1.19. The molecule has 0 spiro atoms. The van der Waals surface area contributed by atoms with E-state index in [-0.39, 0.29) is 6.54 Å². The van der Waals surface area contributed by atoms with Gasteiger partial charge in [0.1, 0.15) is 12.1 Å². The van der Waals surface area contributed by atoms with Gasteiger partial charge in [0.15, 0.2) is 0 Å². The number of hydrogen-bond donors (Lipinski definition) is 2. The van der Waals surface area contributed by atoms with Gasteiger partial charge in [-0.3, -0.25) is 14.5 Å². The SMILES string of the molecule is CCC1(c2ccc(Cl)cc2)NC(=O)N(CC(=O)Nc2ccccc2I)C1=O. The standard InChI is InChI=1S/C19H17ClIN3O3/c1-2-19(12-7-9-13(20)10-8-12)17(26)24(18(27)23-19)11-16(25)22-15-6-4-3-5-14(15)21/h3-10H,2,11H2,1H3,(H,22,25)(H,23,27). The van der Waals surface area contributed by atoms with Crippen LogP contribution in [0.2, 0.25) is 5.02 Å². The van der Waals surface area contributed by atoms with Gasteiger partial charge in [0.2, 0.25) is 5.91 Å². The van der Waals surface area contributed by atoms with Gasteiger partial charge in [-0.25, -0.2) is 4.79 Å². The summed E-state index contributed by atoms with van der Waals surface area (Å²) in [5, 5.41) is 6.02. The van der Waals surface area contributed by atoms with Crippen LogP contribution in [0.15, 0.2) is 48.5 Å². The zero-order valence-electron chi connectivity index (χ0n) is 14.5. The van der Waals surface area contributed by atoms with E-state index < -0.39 is 23.4 Å². The highest BCUT2D eigenvalue weighted by Crippen LogP contribution is 2.33. The Kier molecular flexibility index (Phi) is 5.71. The summed E-state index contributed by atoms with van der Waals surface area (Å²) in [6, 6.07) is 13.4. The maximum Gasteiger partial charge on any atom is 0.325 e. The molecule has 0 aromatic heterocycles. The molecule has 3 rings (SSSR count). The zero-order valence-corrected chi connectivity index (χ0v) is 17.4. The van der Waals surface area contributed by atoms with Gasteiger partial charge in [-0.1, -0.05) is 42.8 Å². The molecule has 6 nitrogen and oxygen atoms in total. The fourth-order valence-corrected chi connectivity index (χ4v) is 3.69. The molecule has 2 N–H and O–H groups in total. The van der Waals surface area contributed by atoms with Gasteiger partial charge in [0.05, 0.1) is 5.69 Å². The van der Waals surface area contributed by atoms with Crippen LogP contribution in [0.25, 0.3) is 0 Å². The molecule has 1 saturated heterocycles. The molecule has 27 heavy (non-hydrogen) atoms. The lowest BCUT2D eigenvalue weighted by Gasteiger charge is -2.25. The van der Waals surface area contributed by atoms with Crippen LogP contribution in [0.3, 0.4) is 0 Å². The first-order valence-corrected chi connectivity index (χ1v) is 9.77. The third-order valence-electron chi connectivity index (χ3n) is 4.49. The van der Waals surface area contributed by atoms with Crippen LogP contribution in [0, 0.1) is 3.57 Å². The summed E-state index contributed by atoms with van der Waals surface area (Å²) in [6.45, 7) is 1.45. The Balaban J connectivity index is 1.80. The number of rotatable bonds is 5. The Hall–Kier alpha value is -2.13. The normalized spacial score (nSPS) is 19.1. The Labute approximate surface area is 175 Å². The molecule has 8 heteroatoms. The Morgan fingerprint density at radius 1 is 1.19 bits per heavy atom. The Morgan fingerprint density at radius 3 is 2.48 bits per heavy atom. The van der Waals surface area contributed by atoms with Gasteiger partial charge >= 0.3 is 6.03 Å². The van der Waals surface area contributed by atoms with Crippen molar-refractivity contribution in [2.24, 2.45) is 0 Å². The number of carbonyl (C=O) groups excluding carboxylic acids is 3. The number of amides is 4.